The molecule has 2 heterocycles. The second-order valence-electron chi connectivity index (χ2n) is 3.63. The molecule has 0 saturated heterocycles. The summed E-state index contributed by atoms with van der Waals surface area (Å²) in [5.41, 5.74) is 7.65. The van der Waals surface area contributed by atoms with E-state index < -0.39 is 0 Å². The maximum atomic E-state index is 8.97. The van der Waals surface area contributed by atoms with E-state index in [0.29, 0.717) is 16.4 Å². The number of nitriles is 1. The molecule has 19 heavy (non-hydrogen) atoms. The maximum Gasteiger partial charge on any atom is 0.173 e. The summed E-state index contributed by atoms with van der Waals surface area (Å²) in [6.07, 6.45) is 3.07. The third-order valence-corrected chi connectivity index (χ3v) is 4.42. The van der Waals surface area contributed by atoms with Gasteiger partial charge in [-0.05, 0) is 30.0 Å². The van der Waals surface area contributed by atoms with Gasteiger partial charge in [0.2, 0.25) is 0 Å². The lowest BCUT2D eigenvalue weighted by molar-refractivity contribution is 1.02. The standard InChI is InChI=1S/C12H7N5S2/c13-6-9-11(16-4-3-15-9)19-12-17-8-2-1-7(14)5-10(8)18-12/h1-5H,14H2. The minimum atomic E-state index is 0.311. The molecular weight excluding hydrogens is 278 g/mol. The first-order chi connectivity index (χ1) is 9.26. The van der Waals surface area contributed by atoms with Crippen molar-refractivity contribution in [2.24, 2.45) is 0 Å². The van der Waals surface area contributed by atoms with Crippen molar-refractivity contribution in [1.82, 2.24) is 15.0 Å². The first-order valence-corrected chi connectivity index (χ1v) is 6.94. The van der Waals surface area contributed by atoms with Crippen LogP contribution in [0.4, 0.5) is 5.69 Å². The number of hydrogen-bond acceptors (Lipinski definition) is 7. The van der Waals surface area contributed by atoms with Crippen molar-refractivity contribution in [3.8, 4) is 6.07 Å². The van der Waals surface area contributed by atoms with Crippen LogP contribution < -0.4 is 5.73 Å². The Morgan fingerprint density at radius 3 is 2.95 bits per heavy atom. The molecule has 3 rings (SSSR count). The summed E-state index contributed by atoms with van der Waals surface area (Å²) in [7, 11) is 0. The average molecular weight is 285 g/mol. The van der Waals surface area contributed by atoms with E-state index in [9.17, 15) is 0 Å². The van der Waals surface area contributed by atoms with Crippen molar-refractivity contribution in [2.75, 3.05) is 5.73 Å². The molecule has 0 aliphatic rings. The first kappa shape index (κ1) is 11.9. The summed E-state index contributed by atoms with van der Waals surface area (Å²) in [4.78, 5) is 12.6. The Balaban J connectivity index is 1.99. The highest BCUT2D eigenvalue weighted by Crippen LogP contribution is 2.34. The second kappa shape index (κ2) is 4.84. The topological polar surface area (TPSA) is 88.5 Å². The Morgan fingerprint density at radius 2 is 2.11 bits per heavy atom. The van der Waals surface area contributed by atoms with Crippen LogP contribution >= 0.6 is 23.1 Å². The number of aromatic nitrogens is 3. The molecule has 0 fully saturated rings. The quantitative estimate of drug-likeness (QED) is 0.728. The summed E-state index contributed by atoms with van der Waals surface area (Å²) in [6, 6.07) is 7.61. The normalized spacial score (nSPS) is 10.5. The zero-order valence-electron chi connectivity index (χ0n) is 9.57. The number of anilines is 1. The molecule has 0 saturated carbocycles. The lowest BCUT2D eigenvalue weighted by atomic mass is 10.3. The molecule has 2 N–H and O–H groups in total. The monoisotopic (exact) mass is 285 g/mol. The van der Waals surface area contributed by atoms with Gasteiger partial charge < -0.3 is 5.73 Å². The Hall–Kier alpha value is -2.17. The van der Waals surface area contributed by atoms with E-state index in [1.54, 1.807) is 6.20 Å². The van der Waals surface area contributed by atoms with Crippen LogP contribution in [-0.4, -0.2) is 15.0 Å². The number of thiazole rings is 1. The number of nitrogens with two attached hydrogens (primary N) is 1. The smallest absolute Gasteiger partial charge is 0.173 e. The van der Waals surface area contributed by atoms with Gasteiger partial charge in [0.1, 0.15) is 11.1 Å². The highest BCUT2D eigenvalue weighted by molar-refractivity contribution is 8.01. The first-order valence-electron chi connectivity index (χ1n) is 5.31. The molecule has 1 aromatic carbocycles. The molecule has 0 radical (unpaired) electrons. The van der Waals surface area contributed by atoms with Crippen molar-refractivity contribution in [1.29, 1.82) is 5.26 Å². The van der Waals surface area contributed by atoms with E-state index in [1.807, 2.05) is 24.3 Å². The van der Waals surface area contributed by atoms with Gasteiger partial charge in [0.15, 0.2) is 10.0 Å². The Labute approximate surface area is 117 Å². The number of fused-ring (bicyclic) bond motifs is 1. The number of hydrogen-bond donors (Lipinski definition) is 1. The molecule has 3 aromatic rings. The third-order valence-electron chi connectivity index (χ3n) is 2.35. The van der Waals surface area contributed by atoms with Crippen molar-refractivity contribution < 1.29 is 0 Å². The summed E-state index contributed by atoms with van der Waals surface area (Å²) >= 11 is 2.86. The number of nitrogen functional groups attached to an aromatic ring is 1. The highest BCUT2D eigenvalue weighted by atomic mass is 32.2. The van der Waals surface area contributed by atoms with Gasteiger partial charge in [0, 0.05) is 18.1 Å². The van der Waals surface area contributed by atoms with Crippen LogP contribution in [0.1, 0.15) is 5.69 Å². The van der Waals surface area contributed by atoms with Crippen molar-refractivity contribution in [3.05, 3.63) is 36.3 Å². The largest absolute Gasteiger partial charge is 0.399 e. The fraction of sp³-hybridized carbons (Fsp3) is 0. The third kappa shape index (κ3) is 2.36. The maximum absolute atomic E-state index is 8.97. The van der Waals surface area contributed by atoms with E-state index in [1.165, 1.54) is 29.3 Å². The van der Waals surface area contributed by atoms with Crippen LogP contribution in [-0.2, 0) is 0 Å². The van der Waals surface area contributed by atoms with E-state index in [0.717, 1.165) is 14.6 Å². The minimum absolute atomic E-state index is 0.311. The van der Waals surface area contributed by atoms with E-state index >= 15 is 0 Å². The van der Waals surface area contributed by atoms with Crippen LogP contribution in [0.15, 0.2) is 40.0 Å². The number of nitrogens with zero attached hydrogens (tertiary/aromatic N) is 4. The zero-order chi connectivity index (χ0) is 13.2. The SMILES string of the molecule is N#Cc1nccnc1Sc1nc2ccc(N)cc2s1. The van der Waals surface area contributed by atoms with Gasteiger partial charge in [0.25, 0.3) is 0 Å². The molecule has 0 aliphatic carbocycles. The Kier molecular flexibility index (Phi) is 3.03. The van der Waals surface area contributed by atoms with Crippen molar-refractivity contribution in [3.63, 3.8) is 0 Å². The highest BCUT2D eigenvalue weighted by Gasteiger charge is 2.10. The van der Waals surface area contributed by atoms with Crippen LogP contribution in [0.3, 0.4) is 0 Å². The van der Waals surface area contributed by atoms with Crippen LogP contribution in [0.2, 0.25) is 0 Å². The molecular formula is C12H7N5S2. The minimum Gasteiger partial charge on any atom is -0.399 e. The van der Waals surface area contributed by atoms with Crippen LogP contribution in [0.5, 0.6) is 0 Å². The van der Waals surface area contributed by atoms with Gasteiger partial charge in [-0.15, -0.1) is 11.3 Å². The molecule has 5 nitrogen and oxygen atoms in total. The Morgan fingerprint density at radius 1 is 1.26 bits per heavy atom. The predicted molar refractivity (Wildman–Crippen MR) is 74.9 cm³/mol. The zero-order valence-corrected chi connectivity index (χ0v) is 11.2. The van der Waals surface area contributed by atoms with Crippen molar-refractivity contribution >= 4 is 39.0 Å². The van der Waals surface area contributed by atoms with Crippen LogP contribution in [0.25, 0.3) is 10.2 Å². The van der Waals surface area contributed by atoms with E-state index in [-0.39, 0.29) is 0 Å². The summed E-state index contributed by atoms with van der Waals surface area (Å²) in [5, 5.41) is 9.54. The predicted octanol–water partition coefficient (Wildman–Crippen LogP) is 2.69. The second-order valence-corrected chi connectivity index (χ2v) is 5.90. The van der Waals surface area contributed by atoms with Crippen LogP contribution in [0, 0.1) is 11.3 Å². The van der Waals surface area contributed by atoms with Gasteiger partial charge in [0.05, 0.1) is 10.2 Å². The molecule has 7 heteroatoms. The number of benzene rings is 1. The molecule has 0 spiro atoms. The van der Waals surface area contributed by atoms with Gasteiger partial charge in [-0.25, -0.2) is 15.0 Å². The van der Waals surface area contributed by atoms with E-state index in [4.69, 9.17) is 11.0 Å². The van der Waals surface area contributed by atoms with Gasteiger partial charge in [-0.1, -0.05) is 0 Å². The fourth-order valence-corrected chi connectivity index (χ4v) is 3.56. The van der Waals surface area contributed by atoms with Crippen molar-refractivity contribution in [2.45, 2.75) is 9.37 Å². The molecule has 0 aliphatic heterocycles. The number of rotatable bonds is 2. The molecule has 92 valence electrons. The molecule has 0 atom stereocenters. The average Bonchev–Trinajstić information content (AvgIpc) is 2.80. The summed E-state index contributed by atoms with van der Waals surface area (Å²) in [5.74, 6) is 0. The lowest BCUT2D eigenvalue weighted by Gasteiger charge is -1.96. The van der Waals surface area contributed by atoms with Gasteiger partial charge in [-0.2, -0.15) is 5.26 Å². The van der Waals surface area contributed by atoms with Gasteiger partial charge >= 0.3 is 0 Å². The molecule has 0 amide bonds. The summed E-state index contributed by atoms with van der Waals surface area (Å²) < 4.78 is 1.84. The van der Waals surface area contributed by atoms with E-state index in [2.05, 4.69) is 15.0 Å². The molecule has 0 bridgehead atoms. The fourth-order valence-electron chi connectivity index (χ4n) is 1.52. The summed E-state index contributed by atoms with van der Waals surface area (Å²) in [6.45, 7) is 0. The molecule has 2 aromatic heterocycles. The molecule has 0 unspecified atom stereocenters. The van der Waals surface area contributed by atoms with Gasteiger partial charge in [-0.3, -0.25) is 0 Å². The lowest BCUT2D eigenvalue weighted by Crippen LogP contribution is -1.89. The Bertz CT molecular complexity index is 790.